The number of carbonyl (C=O) groups excluding carboxylic acids is 1. The van der Waals surface area contributed by atoms with Crippen LogP contribution in [0.3, 0.4) is 0 Å². The summed E-state index contributed by atoms with van der Waals surface area (Å²) in [4.78, 5) is 21.2. The predicted molar refractivity (Wildman–Crippen MR) is 46.6 cm³/mol. The number of phenols is 1. The van der Waals surface area contributed by atoms with Crippen LogP contribution in [0.1, 0.15) is 10.4 Å². The maximum absolute atomic E-state index is 13.2. The average Bonchev–Trinajstić information content (AvgIpc) is 2.16. The zero-order valence-corrected chi connectivity index (χ0v) is 7.65. The second-order valence-corrected chi connectivity index (χ2v) is 2.64. The second kappa shape index (κ2) is 3.95. The molecule has 0 unspecified atom stereocenters. The number of aromatic hydroxyl groups is 1. The molecule has 0 spiro atoms. The molecule has 0 fully saturated rings. The van der Waals surface area contributed by atoms with Crippen LogP contribution in [0.5, 0.6) is 11.5 Å². The number of carboxylic acid groups (broad SMARTS) is 1. The number of hydrogen-bond donors (Lipinski definition) is 2. The molecular weight excluding hydrogens is 207 g/mol. The third-order valence-electron chi connectivity index (χ3n) is 1.70. The van der Waals surface area contributed by atoms with E-state index in [-0.39, 0.29) is 5.75 Å². The van der Waals surface area contributed by atoms with E-state index in [1.165, 1.54) is 7.11 Å². The Morgan fingerprint density at radius 3 is 2.40 bits per heavy atom. The molecule has 0 radical (unpaired) electrons. The van der Waals surface area contributed by atoms with Crippen LogP contribution < -0.4 is 4.74 Å². The van der Waals surface area contributed by atoms with Crippen molar-refractivity contribution >= 4 is 11.8 Å². The fraction of sp³-hybridized carbons (Fsp3) is 0.111. The Bertz CT molecular complexity index is 404. The van der Waals surface area contributed by atoms with Crippen LogP contribution in [0.25, 0.3) is 0 Å². The van der Waals surface area contributed by atoms with Crippen LogP contribution in [-0.2, 0) is 4.79 Å². The van der Waals surface area contributed by atoms with Crippen molar-refractivity contribution in [1.29, 1.82) is 0 Å². The summed E-state index contributed by atoms with van der Waals surface area (Å²) in [5, 5.41) is 17.6. The van der Waals surface area contributed by atoms with E-state index in [0.29, 0.717) is 0 Å². The highest BCUT2D eigenvalue weighted by molar-refractivity contribution is 6.40. The fourth-order valence-electron chi connectivity index (χ4n) is 1.02. The number of aliphatic carboxylic acids is 1. The Kier molecular flexibility index (Phi) is 2.89. The van der Waals surface area contributed by atoms with E-state index in [0.717, 1.165) is 12.1 Å². The number of carbonyl (C=O) groups is 2. The van der Waals surface area contributed by atoms with Crippen molar-refractivity contribution in [2.45, 2.75) is 0 Å². The Hall–Kier alpha value is -2.11. The molecule has 1 aromatic carbocycles. The maximum Gasteiger partial charge on any atom is 0.377 e. The van der Waals surface area contributed by atoms with Crippen molar-refractivity contribution in [2.24, 2.45) is 0 Å². The first kappa shape index (κ1) is 11.0. The third-order valence-corrected chi connectivity index (χ3v) is 1.70. The molecule has 15 heavy (non-hydrogen) atoms. The number of benzene rings is 1. The summed E-state index contributed by atoms with van der Waals surface area (Å²) >= 11 is 0. The van der Waals surface area contributed by atoms with E-state index in [1.54, 1.807) is 0 Å². The summed E-state index contributed by atoms with van der Waals surface area (Å²) in [7, 11) is 1.24. The van der Waals surface area contributed by atoms with E-state index in [2.05, 4.69) is 4.74 Å². The summed E-state index contributed by atoms with van der Waals surface area (Å²) in [6.07, 6.45) is 0. The van der Waals surface area contributed by atoms with Crippen LogP contribution in [-0.4, -0.2) is 29.1 Å². The van der Waals surface area contributed by atoms with Crippen LogP contribution in [0.4, 0.5) is 4.39 Å². The SMILES string of the molecule is COc1cc(O)c(C(=O)C(=O)O)c(F)c1. The van der Waals surface area contributed by atoms with Gasteiger partial charge in [-0.3, -0.25) is 4.79 Å². The van der Waals surface area contributed by atoms with Crippen molar-refractivity contribution < 1.29 is 28.9 Å². The van der Waals surface area contributed by atoms with Gasteiger partial charge < -0.3 is 14.9 Å². The Morgan fingerprint density at radius 1 is 1.40 bits per heavy atom. The highest BCUT2D eigenvalue weighted by Gasteiger charge is 2.23. The highest BCUT2D eigenvalue weighted by Crippen LogP contribution is 2.27. The molecule has 6 heteroatoms. The summed E-state index contributed by atoms with van der Waals surface area (Å²) in [6, 6.07) is 1.77. The van der Waals surface area contributed by atoms with Crippen LogP contribution >= 0.6 is 0 Å². The molecule has 1 aromatic rings. The number of rotatable bonds is 3. The molecule has 0 aliphatic carbocycles. The van der Waals surface area contributed by atoms with E-state index in [4.69, 9.17) is 5.11 Å². The van der Waals surface area contributed by atoms with Crippen molar-refractivity contribution in [3.05, 3.63) is 23.5 Å². The first-order valence-electron chi connectivity index (χ1n) is 3.81. The molecular formula is C9H7FO5. The summed E-state index contributed by atoms with van der Waals surface area (Å²) in [5.41, 5.74) is -0.872. The topological polar surface area (TPSA) is 83.8 Å². The van der Waals surface area contributed by atoms with Gasteiger partial charge in [0, 0.05) is 12.1 Å². The van der Waals surface area contributed by atoms with Crippen molar-refractivity contribution in [2.75, 3.05) is 7.11 Å². The minimum absolute atomic E-state index is 0.00746. The standard InChI is InChI=1S/C9H7FO5/c1-15-4-2-5(10)7(6(11)3-4)8(12)9(13)14/h2-3,11H,1H3,(H,13,14). The lowest BCUT2D eigenvalue weighted by Gasteiger charge is -2.05. The number of Topliss-reactive ketones (excluding diaryl/α,β-unsaturated/α-hetero) is 1. The van der Waals surface area contributed by atoms with Gasteiger partial charge in [-0.05, 0) is 0 Å². The molecule has 5 nitrogen and oxygen atoms in total. The molecule has 0 heterocycles. The van der Waals surface area contributed by atoms with Gasteiger partial charge in [-0.15, -0.1) is 0 Å². The number of ketones is 1. The minimum atomic E-state index is -1.84. The number of hydrogen-bond acceptors (Lipinski definition) is 4. The lowest BCUT2D eigenvalue weighted by atomic mass is 10.1. The Balaban J connectivity index is 3.31. The molecule has 0 saturated carbocycles. The van der Waals surface area contributed by atoms with Crippen molar-refractivity contribution in [3.63, 3.8) is 0 Å². The lowest BCUT2D eigenvalue weighted by molar-refractivity contribution is -0.131. The van der Waals surface area contributed by atoms with Gasteiger partial charge in [0.1, 0.15) is 22.9 Å². The summed E-state index contributed by atoms with van der Waals surface area (Å²) in [5.74, 6) is -5.26. The van der Waals surface area contributed by atoms with Gasteiger partial charge in [-0.25, -0.2) is 9.18 Å². The van der Waals surface area contributed by atoms with E-state index in [1.807, 2.05) is 0 Å². The van der Waals surface area contributed by atoms with Crippen molar-refractivity contribution in [1.82, 2.24) is 0 Å². The van der Waals surface area contributed by atoms with Crippen molar-refractivity contribution in [3.8, 4) is 11.5 Å². The lowest BCUT2D eigenvalue weighted by Crippen LogP contribution is -2.14. The van der Waals surface area contributed by atoms with Gasteiger partial charge in [0.25, 0.3) is 5.78 Å². The van der Waals surface area contributed by atoms with E-state index in [9.17, 15) is 19.1 Å². The van der Waals surface area contributed by atoms with Gasteiger partial charge in [0.15, 0.2) is 0 Å². The molecule has 80 valence electrons. The molecule has 0 aliphatic rings. The monoisotopic (exact) mass is 214 g/mol. The normalized spacial score (nSPS) is 9.73. The van der Waals surface area contributed by atoms with Gasteiger partial charge in [-0.2, -0.15) is 0 Å². The molecule has 0 aromatic heterocycles. The molecule has 0 aliphatic heterocycles. The van der Waals surface area contributed by atoms with Gasteiger partial charge in [0.2, 0.25) is 0 Å². The number of halogens is 1. The minimum Gasteiger partial charge on any atom is -0.507 e. The summed E-state index contributed by atoms with van der Waals surface area (Å²) in [6.45, 7) is 0. The molecule has 0 amide bonds. The molecule has 0 bridgehead atoms. The van der Waals surface area contributed by atoms with Crippen LogP contribution in [0, 0.1) is 5.82 Å². The smallest absolute Gasteiger partial charge is 0.377 e. The quantitative estimate of drug-likeness (QED) is 0.574. The molecule has 0 atom stereocenters. The summed E-state index contributed by atoms with van der Waals surface area (Å²) < 4.78 is 17.8. The first-order chi connectivity index (χ1) is 6.97. The second-order valence-electron chi connectivity index (χ2n) is 2.64. The number of carboxylic acids is 1. The number of methoxy groups -OCH3 is 1. The molecule has 0 saturated heterocycles. The average molecular weight is 214 g/mol. The first-order valence-corrected chi connectivity index (χ1v) is 3.81. The molecule has 1 rings (SSSR count). The number of ether oxygens (including phenoxy) is 1. The van der Waals surface area contributed by atoms with Crippen LogP contribution in [0.2, 0.25) is 0 Å². The van der Waals surface area contributed by atoms with Gasteiger partial charge in [0.05, 0.1) is 7.11 Å². The van der Waals surface area contributed by atoms with E-state index < -0.39 is 28.9 Å². The molecule has 2 N–H and O–H groups in total. The Labute approximate surface area is 83.7 Å². The zero-order chi connectivity index (χ0) is 11.6. The maximum atomic E-state index is 13.2. The van der Waals surface area contributed by atoms with Crippen LogP contribution in [0.15, 0.2) is 12.1 Å². The zero-order valence-electron chi connectivity index (χ0n) is 7.65. The predicted octanol–water partition coefficient (Wildman–Crippen LogP) is 0.807. The fourth-order valence-corrected chi connectivity index (χ4v) is 1.02. The highest BCUT2D eigenvalue weighted by atomic mass is 19.1. The third kappa shape index (κ3) is 2.04. The van der Waals surface area contributed by atoms with E-state index >= 15 is 0 Å². The Morgan fingerprint density at radius 2 is 2.00 bits per heavy atom. The number of phenolic OH excluding ortho intramolecular Hbond substituents is 1. The van der Waals surface area contributed by atoms with Gasteiger partial charge in [-0.1, -0.05) is 0 Å². The largest absolute Gasteiger partial charge is 0.507 e. The van der Waals surface area contributed by atoms with Gasteiger partial charge >= 0.3 is 5.97 Å².